The molecule has 0 heterocycles. The Morgan fingerprint density at radius 1 is 1.32 bits per heavy atom. The van der Waals surface area contributed by atoms with E-state index in [4.69, 9.17) is 4.74 Å². The second-order valence-corrected chi connectivity index (χ2v) is 7.54. The van der Waals surface area contributed by atoms with Crippen LogP contribution in [0.15, 0.2) is 29.8 Å². The lowest BCUT2D eigenvalue weighted by Gasteiger charge is -2.48. The summed E-state index contributed by atoms with van der Waals surface area (Å²) in [6.07, 6.45) is 6.14. The first-order valence-corrected chi connectivity index (χ1v) is 8.45. The summed E-state index contributed by atoms with van der Waals surface area (Å²) < 4.78 is 5.39. The van der Waals surface area contributed by atoms with Gasteiger partial charge in [-0.05, 0) is 67.2 Å². The number of fused-ring (bicyclic) bond motifs is 5. The van der Waals surface area contributed by atoms with Crippen LogP contribution in [0, 0.1) is 17.3 Å². The summed E-state index contributed by atoms with van der Waals surface area (Å²) in [4.78, 5) is 12.4. The molecule has 0 saturated heterocycles. The zero-order valence-electron chi connectivity index (χ0n) is 13.7. The fourth-order valence-electron chi connectivity index (χ4n) is 5.22. The van der Waals surface area contributed by atoms with E-state index in [0.717, 1.165) is 25.0 Å². The van der Waals surface area contributed by atoms with E-state index in [1.165, 1.54) is 16.7 Å². The minimum Gasteiger partial charge on any atom is -0.497 e. The molecule has 3 aliphatic carbocycles. The number of ketones is 1. The van der Waals surface area contributed by atoms with Gasteiger partial charge in [-0.25, -0.2) is 0 Å². The zero-order valence-corrected chi connectivity index (χ0v) is 13.7. The zero-order chi connectivity index (χ0) is 15.5. The van der Waals surface area contributed by atoms with Gasteiger partial charge in [0.15, 0.2) is 0 Å². The van der Waals surface area contributed by atoms with Crippen molar-refractivity contribution in [1.82, 2.24) is 0 Å². The predicted octanol–water partition coefficient (Wildman–Crippen LogP) is 4.29. The van der Waals surface area contributed by atoms with Crippen molar-refractivity contribution < 1.29 is 9.53 Å². The Morgan fingerprint density at radius 2 is 2.14 bits per heavy atom. The number of Topliss-reactive ketones (excluding diaryl/α,β-unsaturated/α-hetero) is 1. The molecule has 0 aliphatic heterocycles. The molecule has 0 aromatic heterocycles. The van der Waals surface area contributed by atoms with E-state index in [2.05, 4.69) is 38.1 Å². The van der Waals surface area contributed by atoms with Crippen molar-refractivity contribution in [3.05, 3.63) is 41.0 Å². The van der Waals surface area contributed by atoms with Gasteiger partial charge in [-0.3, -0.25) is 4.79 Å². The van der Waals surface area contributed by atoms with Crippen LogP contribution in [0.3, 0.4) is 0 Å². The Hall–Kier alpha value is -1.57. The average molecular weight is 296 g/mol. The Labute approximate surface area is 132 Å². The van der Waals surface area contributed by atoms with Crippen molar-refractivity contribution in [3.8, 4) is 5.75 Å². The molecule has 1 aromatic carbocycles. The van der Waals surface area contributed by atoms with Crippen molar-refractivity contribution >= 4 is 5.78 Å². The standard InChI is InChI=1S/C20H24O2/c1-12-10-13-11-14(22-3)4-5-15(13)16-8-9-20(2)17(19(12)16)6-7-18(20)21/h4-6,11-12,16,19H,7-10H2,1-3H3/t12-,16-,19-,20+/m1/s1. The molecule has 4 rings (SSSR count). The number of methoxy groups -OCH3 is 1. The molecule has 0 unspecified atom stereocenters. The number of carbonyl (C=O) groups is 1. The van der Waals surface area contributed by atoms with Crippen LogP contribution in [0.4, 0.5) is 0 Å². The molecule has 0 amide bonds. The highest BCUT2D eigenvalue weighted by molar-refractivity contribution is 5.92. The van der Waals surface area contributed by atoms with Crippen LogP contribution in [0.25, 0.3) is 0 Å². The van der Waals surface area contributed by atoms with Crippen LogP contribution < -0.4 is 4.74 Å². The van der Waals surface area contributed by atoms with E-state index < -0.39 is 0 Å². The van der Waals surface area contributed by atoms with E-state index in [1.807, 2.05) is 0 Å². The van der Waals surface area contributed by atoms with Crippen LogP contribution in [0.2, 0.25) is 0 Å². The molecule has 0 radical (unpaired) electrons. The lowest BCUT2D eigenvalue weighted by Crippen LogP contribution is -2.41. The predicted molar refractivity (Wildman–Crippen MR) is 87.1 cm³/mol. The molecular weight excluding hydrogens is 272 g/mol. The number of hydrogen-bond acceptors (Lipinski definition) is 2. The molecule has 3 aliphatic rings. The highest BCUT2D eigenvalue weighted by Gasteiger charge is 2.51. The van der Waals surface area contributed by atoms with Crippen molar-refractivity contribution in [1.29, 1.82) is 0 Å². The number of carbonyl (C=O) groups excluding carboxylic acids is 1. The van der Waals surface area contributed by atoms with E-state index in [-0.39, 0.29) is 5.41 Å². The third-order valence-electron chi connectivity index (χ3n) is 6.41. The van der Waals surface area contributed by atoms with Crippen molar-refractivity contribution in [2.24, 2.45) is 17.3 Å². The Bertz CT molecular complexity index is 672. The molecule has 2 heteroatoms. The van der Waals surface area contributed by atoms with Crippen molar-refractivity contribution in [2.45, 2.75) is 45.4 Å². The maximum atomic E-state index is 12.4. The van der Waals surface area contributed by atoms with E-state index in [9.17, 15) is 4.79 Å². The van der Waals surface area contributed by atoms with Crippen LogP contribution in [0.1, 0.15) is 50.2 Å². The molecule has 22 heavy (non-hydrogen) atoms. The number of ether oxygens (including phenoxy) is 1. The number of benzene rings is 1. The summed E-state index contributed by atoms with van der Waals surface area (Å²) in [5, 5.41) is 0. The molecule has 116 valence electrons. The van der Waals surface area contributed by atoms with Gasteiger partial charge in [0.1, 0.15) is 11.5 Å². The summed E-state index contributed by atoms with van der Waals surface area (Å²) in [6, 6.07) is 6.57. The third-order valence-corrected chi connectivity index (χ3v) is 6.41. The smallest absolute Gasteiger partial charge is 0.146 e. The summed E-state index contributed by atoms with van der Waals surface area (Å²) in [7, 11) is 1.73. The van der Waals surface area contributed by atoms with Gasteiger partial charge in [0.25, 0.3) is 0 Å². The number of rotatable bonds is 1. The molecule has 4 atom stereocenters. The van der Waals surface area contributed by atoms with Gasteiger partial charge in [-0.15, -0.1) is 0 Å². The quantitative estimate of drug-likeness (QED) is 0.723. The second-order valence-electron chi connectivity index (χ2n) is 7.54. The summed E-state index contributed by atoms with van der Waals surface area (Å²) >= 11 is 0. The maximum Gasteiger partial charge on any atom is 0.146 e. The van der Waals surface area contributed by atoms with Crippen LogP contribution in [-0.2, 0) is 11.2 Å². The van der Waals surface area contributed by atoms with E-state index >= 15 is 0 Å². The molecular formula is C20H24O2. The summed E-state index contributed by atoms with van der Waals surface area (Å²) in [5.41, 5.74) is 4.22. The minimum absolute atomic E-state index is 0.167. The Morgan fingerprint density at radius 3 is 2.91 bits per heavy atom. The SMILES string of the molecule is COc1ccc2c(c1)C[C@@H](C)[C@H]1C3=CCC(=O)[C@@]3(C)CC[C@H]21. The van der Waals surface area contributed by atoms with Gasteiger partial charge in [0.2, 0.25) is 0 Å². The lowest BCUT2D eigenvalue weighted by atomic mass is 9.55. The fourth-order valence-corrected chi connectivity index (χ4v) is 5.22. The first-order chi connectivity index (χ1) is 10.5. The number of hydrogen-bond donors (Lipinski definition) is 0. The molecule has 1 saturated carbocycles. The average Bonchev–Trinajstić information content (AvgIpc) is 2.82. The van der Waals surface area contributed by atoms with Gasteiger partial charge in [-0.1, -0.05) is 24.6 Å². The monoisotopic (exact) mass is 296 g/mol. The molecule has 2 nitrogen and oxygen atoms in total. The van der Waals surface area contributed by atoms with Crippen molar-refractivity contribution in [2.75, 3.05) is 7.11 Å². The first kappa shape index (κ1) is 14.0. The summed E-state index contributed by atoms with van der Waals surface area (Å²) in [5.74, 6) is 3.12. The van der Waals surface area contributed by atoms with Gasteiger partial charge in [0.05, 0.1) is 7.11 Å². The Kier molecular flexibility index (Phi) is 3.01. The normalized spacial score (nSPS) is 36.2. The van der Waals surface area contributed by atoms with Gasteiger partial charge >= 0.3 is 0 Å². The largest absolute Gasteiger partial charge is 0.497 e. The second kappa shape index (κ2) is 4.71. The molecule has 1 fully saturated rings. The number of allylic oxidation sites excluding steroid dienone is 2. The van der Waals surface area contributed by atoms with Crippen molar-refractivity contribution in [3.63, 3.8) is 0 Å². The molecule has 0 N–H and O–H groups in total. The first-order valence-electron chi connectivity index (χ1n) is 8.45. The molecule has 1 aromatic rings. The molecule has 0 bridgehead atoms. The van der Waals surface area contributed by atoms with Crippen LogP contribution >= 0.6 is 0 Å². The van der Waals surface area contributed by atoms with Crippen LogP contribution in [0.5, 0.6) is 5.75 Å². The molecule has 0 spiro atoms. The Balaban J connectivity index is 1.78. The topological polar surface area (TPSA) is 26.3 Å². The van der Waals surface area contributed by atoms with Gasteiger partial charge in [0, 0.05) is 11.8 Å². The summed E-state index contributed by atoms with van der Waals surface area (Å²) in [6.45, 7) is 4.54. The van der Waals surface area contributed by atoms with Crippen LogP contribution in [-0.4, -0.2) is 12.9 Å². The fraction of sp³-hybridized carbons (Fsp3) is 0.550. The van der Waals surface area contributed by atoms with Gasteiger partial charge in [-0.2, -0.15) is 0 Å². The minimum atomic E-state index is -0.167. The maximum absolute atomic E-state index is 12.4. The lowest BCUT2D eigenvalue weighted by molar-refractivity contribution is -0.125. The van der Waals surface area contributed by atoms with E-state index in [1.54, 1.807) is 7.11 Å². The van der Waals surface area contributed by atoms with Gasteiger partial charge < -0.3 is 4.74 Å². The third kappa shape index (κ3) is 1.76. The highest BCUT2D eigenvalue weighted by atomic mass is 16.5. The van der Waals surface area contributed by atoms with E-state index in [0.29, 0.717) is 30.0 Å². The highest BCUT2D eigenvalue weighted by Crippen LogP contribution is 2.58.